The number of pyridine rings is 1. The molecule has 5 nitrogen and oxygen atoms in total. The Balaban J connectivity index is 2.34. The largest absolute Gasteiger partial charge is 0.328 e. The monoisotopic (exact) mass is 237 g/mol. The van der Waals surface area contributed by atoms with E-state index in [2.05, 4.69) is 9.97 Å². The van der Waals surface area contributed by atoms with Gasteiger partial charge in [0.2, 0.25) is 0 Å². The van der Waals surface area contributed by atoms with Crippen LogP contribution in [-0.2, 0) is 6.54 Å². The van der Waals surface area contributed by atoms with Crippen LogP contribution in [0.3, 0.4) is 0 Å². The maximum Gasteiger partial charge on any atom is 0.328 e. The summed E-state index contributed by atoms with van der Waals surface area (Å²) in [6, 6.07) is 4.72. The highest BCUT2D eigenvalue weighted by Crippen LogP contribution is 2.07. The van der Waals surface area contributed by atoms with Gasteiger partial charge < -0.3 is 0 Å². The van der Waals surface area contributed by atoms with Crippen LogP contribution in [0.5, 0.6) is 0 Å². The van der Waals surface area contributed by atoms with Crippen molar-refractivity contribution in [1.29, 1.82) is 0 Å². The third-order valence-corrected chi connectivity index (χ3v) is 2.25. The fraction of sp³-hybridized carbons (Fsp3) is 0.100. The summed E-state index contributed by atoms with van der Waals surface area (Å²) in [6.45, 7) is 0.345. The van der Waals surface area contributed by atoms with Gasteiger partial charge in [-0.3, -0.25) is 14.3 Å². The Morgan fingerprint density at radius 1 is 1.38 bits per heavy atom. The molecule has 0 bridgehead atoms. The molecule has 0 fully saturated rings. The van der Waals surface area contributed by atoms with E-state index < -0.39 is 11.2 Å². The fourth-order valence-electron chi connectivity index (χ4n) is 1.31. The number of halogens is 1. The van der Waals surface area contributed by atoms with Gasteiger partial charge in [-0.2, -0.15) is 0 Å². The van der Waals surface area contributed by atoms with E-state index in [0.717, 1.165) is 5.56 Å². The highest BCUT2D eigenvalue weighted by molar-refractivity contribution is 6.29. The molecule has 0 atom stereocenters. The average Bonchev–Trinajstić information content (AvgIpc) is 2.22. The summed E-state index contributed by atoms with van der Waals surface area (Å²) in [5.41, 5.74) is -0.0106. The number of aromatic nitrogens is 3. The molecule has 16 heavy (non-hydrogen) atoms. The lowest BCUT2D eigenvalue weighted by Crippen LogP contribution is -2.28. The molecule has 0 spiro atoms. The molecular formula is C10H8ClN3O2. The van der Waals surface area contributed by atoms with Gasteiger partial charge in [0.1, 0.15) is 5.15 Å². The van der Waals surface area contributed by atoms with Crippen molar-refractivity contribution in [3.8, 4) is 0 Å². The van der Waals surface area contributed by atoms with Crippen LogP contribution in [-0.4, -0.2) is 14.5 Å². The maximum absolute atomic E-state index is 11.4. The Labute approximate surface area is 95.3 Å². The van der Waals surface area contributed by atoms with E-state index in [4.69, 9.17) is 11.6 Å². The van der Waals surface area contributed by atoms with Gasteiger partial charge in [0.25, 0.3) is 5.56 Å². The van der Waals surface area contributed by atoms with E-state index in [-0.39, 0.29) is 0 Å². The summed E-state index contributed by atoms with van der Waals surface area (Å²) < 4.78 is 1.38. The number of nitrogens with one attached hydrogen (secondary N) is 1. The van der Waals surface area contributed by atoms with Gasteiger partial charge in [-0.1, -0.05) is 11.6 Å². The maximum atomic E-state index is 11.4. The van der Waals surface area contributed by atoms with Crippen LogP contribution in [0.1, 0.15) is 5.56 Å². The van der Waals surface area contributed by atoms with E-state index in [1.165, 1.54) is 16.8 Å². The quantitative estimate of drug-likeness (QED) is 0.779. The third kappa shape index (κ3) is 2.38. The van der Waals surface area contributed by atoms with E-state index in [1.807, 2.05) is 0 Å². The van der Waals surface area contributed by atoms with Gasteiger partial charge in [0, 0.05) is 18.5 Å². The minimum absolute atomic E-state index is 0.345. The van der Waals surface area contributed by atoms with Crippen LogP contribution >= 0.6 is 11.6 Å². The Hall–Kier alpha value is -1.88. The van der Waals surface area contributed by atoms with E-state index in [0.29, 0.717) is 11.7 Å². The second-order valence-electron chi connectivity index (χ2n) is 3.22. The highest BCUT2D eigenvalue weighted by atomic mass is 35.5. The number of H-pyrrole nitrogens is 1. The molecule has 0 amide bonds. The van der Waals surface area contributed by atoms with Crippen molar-refractivity contribution in [1.82, 2.24) is 14.5 Å². The van der Waals surface area contributed by atoms with E-state index >= 15 is 0 Å². The zero-order chi connectivity index (χ0) is 11.5. The van der Waals surface area contributed by atoms with E-state index in [9.17, 15) is 9.59 Å². The first kappa shape index (κ1) is 10.6. The summed E-state index contributed by atoms with van der Waals surface area (Å²) in [5.74, 6) is 0. The number of rotatable bonds is 2. The number of hydrogen-bond acceptors (Lipinski definition) is 3. The number of nitrogens with zero attached hydrogens (tertiary/aromatic N) is 2. The second-order valence-corrected chi connectivity index (χ2v) is 3.61. The lowest BCUT2D eigenvalue weighted by atomic mass is 10.3. The van der Waals surface area contributed by atoms with Gasteiger partial charge in [-0.15, -0.1) is 0 Å². The average molecular weight is 238 g/mol. The first-order valence-electron chi connectivity index (χ1n) is 4.55. The summed E-state index contributed by atoms with van der Waals surface area (Å²) >= 11 is 5.72. The van der Waals surface area contributed by atoms with Gasteiger partial charge >= 0.3 is 5.69 Å². The first-order valence-corrected chi connectivity index (χ1v) is 4.93. The highest BCUT2D eigenvalue weighted by Gasteiger charge is 1.99. The molecule has 82 valence electrons. The number of aromatic amines is 1. The molecule has 2 aromatic heterocycles. The SMILES string of the molecule is O=c1ccn(Cc2ccnc(Cl)c2)c(=O)[nH]1. The minimum atomic E-state index is -0.444. The van der Waals surface area contributed by atoms with Gasteiger partial charge in [-0.25, -0.2) is 9.78 Å². The molecule has 2 heterocycles. The molecule has 0 saturated heterocycles. The van der Waals surface area contributed by atoms with Crippen molar-refractivity contribution < 1.29 is 0 Å². The minimum Gasteiger partial charge on any atom is -0.296 e. The van der Waals surface area contributed by atoms with Crippen molar-refractivity contribution in [3.63, 3.8) is 0 Å². The fourth-order valence-corrected chi connectivity index (χ4v) is 1.50. The van der Waals surface area contributed by atoms with Crippen molar-refractivity contribution in [3.05, 3.63) is 62.1 Å². The van der Waals surface area contributed by atoms with Crippen LogP contribution in [0.2, 0.25) is 5.15 Å². The van der Waals surface area contributed by atoms with Gasteiger partial charge in [-0.05, 0) is 17.7 Å². The molecule has 0 aromatic carbocycles. The molecule has 0 aliphatic heterocycles. The first-order chi connectivity index (χ1) is 7.65. The van der Waals surface area contributed by atoms with Crippen molar-refractivity contribution in [2.24, 2.45) is 0 Å². The Bertz CT molecular complexity index is 618. The molecule has 0 saturated carbocycles. The smallest absolute Gasteiger partial charge is 0.296 e. The molecule has 0 radical (unpaired) electrons. The standard InChI is InChI=1S/C10H8ClN3O2/c11-8-5-7(1-3-12-8)6-14-4-2-9(15)13-10(14)16/h1-5H,6H2,(H,13,15,16). The summed E-state index contributed by atoms with van der Waals surface area (Å²) in [7, 11) is 0. The molecular weight excluding hydrogens is 230 g/mol. The molecule has 2 aromatic rings. The van der Waals surface area contributed by atoms with E-state index in [1.54, 1.807) is 18.3 Å². The van der Waals surface area contributed by atoms with Crippen LogP contribution in [0.15, 0.2) is 40.2 Å². The predicted octanol–water partition coefficient (Wildman–Crippen LogP) is 0.633. The van der Waals surface area contributed by atoms with Gasteiger partial charge in [0.05, 0.1) is 6.54 Å². The molecule has 0 aliphatic rings. The Morgan fingerprint density at radius 3 is 2.88 bits per heavy atom. The van der Waals surface area contributed by atoms with Gasteiger partial charge in [0.15, 0.2) is 0 Å². The van der Waals surface area contributed by atoms with Crippen molar-refractivity contribution >= 4 is 11.6 Å². The molecule has 0 aliphatic carbocycles. The molecule has 2 rings (SSSR count). The van der Waals surface area contributed by atoms with Crippen LogP contribution in [0.25, 0.3) is 0 Å². The third-order valence-electron chi connectivity index (χ3n) is 2.04. The van der Waals surface area contributed by atoms with Crippen molar-refractivity contribution in [2.75, 3.05) is 0 Å². The zero-order valence-electron chi connectivity index (χ0n) is 8.18. The Morgan fingerprint density at radius 2 is 2.19 bits per heavy atom. The lowest BCUT2D eigenvalue weighted by molar-refractivity contribution is 0.719. The second kappa shape index (κ2) is 4.32. The molecule has 0 unspecified atom stereocenters. The lowest BCUT2D eigenvalue weighted by Gasteiger charge is -2.04. The zero-order valence-corrected chi connectivity index (χ0v) is 8.94. The normalized spacial score (nSPS) is 10.3. The van der Waals surface area contributed by atoms with Crippen LogP contribution in [0.4, 0.5) is 0 Å². The van der Waals surface area contributed by atoms with Crippen LogP contribution < -0.4 is 11.2 Å². The number of hydrogen-bond donors (Lipinski definition) is 1. The predicted molar refractivity (Wildman–Crippen MR) is 59.7 cm³/mol. The molecule has 6 heteroatoms. The summed E-state index contributed by atoms with van der Waals surface area (Å²) in [6.07, 6.45) is 3.00. The molecule has 1 N–H and O–H groups in total. The van der Waals surface area contributed by atoms with Crippen LogP contribution in [0, 0.1) is 0 Å². The van der Waals surface area contributed by atoms with Crippen molar-refractivity contribution in [2.45, 2.75) is 6.54 Å². The summed E-state index contributed by atoms with van der Waals surface area (Å²) in [4.78, 5) is 28.3. The Kier molecular flexibility index (Phi) is 2.87. The summed E-state index contributed by atoms with van der Waals surface area (Å²) in [5, 5.41) is 0.370. The topological polar surface area (TPSA) is 67.8 Å².